The maximum Gasteiger partial charge on any atom is 0.122 e. The van der Waals surface area contributed by atoms with Crippen LogP contribution < -0.4 is 0 Å². The van der Waals surface area contributed by atoms with Gasteiger partial charge >= 0.3 is 0 Å². The molecule has 1 aromatic heterocycles. The van der Waals surface area contributed by atoms with E-state index < -0.39 is 0 Å². The fourth-order valence-electron chi connectivity index (χ4n) is 5.16. The highest BCUT2D eigenvalue weighted by molar-refractivity contribution is 4.92. The molecule has 5 nitrogen and oxygen atoms in total. The molecule has 0 bridgehead atoms. The van der Waals surface area contributed by atoms with E-state index in [-0.39, 0.29) is 0 Å². The van der Waals surface area contributed by atoms with Crippen molar-refractivity contribution in [3.05, 3.63) is 18.2 Å². The van der Waals surface area contributed by atoms with Crippen LogP contribution in [0.25, 0.3) is 0 Å². The summed E-state index contributed by atoms with van der Waals surface area (Å²) in [5, 5.41) is 0. The Balaban J connectivity index is 1.31. The largest absolute Gasteiger partial charge is 0.377 e. The number of rotatable bonds is 7. The summed E-state index contributed by atoms with van der Waals surface area (Å²) in [5.74, 6) is 2.00. The Kier molecular flexibility index (Phi) is 6.28. The van der Waals surface area contributed by atoms with Crippen LogP contribution in [0.5, 0.6) is 0 Å². The van der Waals surface area contributed by atoms with Crippen LogP contribution in [-0.2, 0) is 18.3 Å². The van der Waals surface area contributed by atoms with E-state index in [1.807, 2.05) is 6.20 Å². The molecule has 0 spiro atoms. The Morgan fingerprint density at radius 3 is 2.54 bits per heavy atom. The lowest BCUT2D eigenvalue weighted by atomic mass is 9.94. The molecule has 0 radical (unpaired) electrons. The van der Waals surface area contributed by atoms with Crippen molar-refractivity contribution >= 4 is 0 Å². The third-order valence-electron chi connectivity index (χ3n) is 6.78. The highest BCUT2D eigenvalue weighted by Crippen LogP contribution is 2.28. The highest BCUT2D eigenvalue weighted by atomic mass is 16.5. The third kappa shape index (κ3) is 4.68. The number of hydrogen-bond donors (Lipinski definition) is 0. The molecule has 2 aliphatic heterocycles. The van der Waals surface area contributed by atoms with E-state index in [1.54, 1.807) is 0 Å². The molecule has 3 heterocycles. The lowest BCUT2D eigenvalue weighted by Gasteiger charge is -2.38. The quantitative estimate of drug-likeness (QED) is 0.748. The minimum atomic E-state index is 0.425. The summed E-state index contributed by atoms with van der Waals surface area (Å²) >= 11 is 0. The number of piperidine rings is 1. The number of imidazole rings is 1. The van der Waals surface area contributed by atoms with Crippen molar-refractivity contribution in [1.29, 1.82) is 0 Å². The minimum absolute atomic E-state index is 0.425. The Labute approximate surface area is 158 Å². The number of aromatic nitrogens is 2. The van der Waals surface area contributed by atoms with Crippen LogP contribution in [0.15, 0.2) is 12.4 Å². The molecule has 5 heteroatoms. The zero-order valence-corrected chi connectivity index (χ0v) is 16.5. The zero-order valence-electron chi connectivity index (χ0n) is 16.5. The second kappa shape index (κ2) is 8.85. The summed E-state index contributed by atoms with van der Waals surface area (Å²) in [6, 6.07) is 0.895. The average Bonchev–Trinajstić information content (AvgIpc) is 3.40. The van der Waals surface area contributed by atoms with Gasteiger partial charge < -0.3 is 14.2 Å². The summed E-state index contributed by atoms with van der Waals surface area (Å²) in [7, 11) is 2.10. The van der Waals surface area contributed by atoms with Gasteiger partial charge in [-0.2, -0.15) is 0 Å². The van der Waals surface area contributed by atoms with Crippen LogP contribution in [-0.4, -0.2) is 64.3 Å². The summed E-state index contributed by atoms with van der Waals surface area (Å²) in [6.07, 6.45) is 15.3. The predicted octanol–water partition coefficient (Wildman–Crippen LogP) is 3.06. The van der Waals surface area contributed by atoms with Crippen molar-refractivity contribution in [2.45, 2.75) is 70.1 Å². The SMILES string of the molecule is Cn1ccnc1CN(CC1CCN(C2CCCC2)CC1)CC1CCCO1. The van der Waals surface area contributed by atoms with Crippen molar-refractivity contribution in [3.63, 3.8) is 0 Å². The van der Waals surface area contributed by atoms with Crippen LogP contribution in [0, 0.1) is 5.92 Å². The number of likely N-dealkylation sites (tertiary alicyclic amines) is 1. The molecule has 3 aliphatic rings. The molecule has 1 saturated carbocycles. The van der Waals surface area contributed by atoms with Gasteiger partial charge in [0.05, 0.1) is 12.6 Å². The monoisotopic (exact) mass is 360 g/mol. The first-order valence-electron chi connectivity index (χ1n) is 10.8. The van der Waals surface area contributed by atoms with E-state index in [0.717, 1.165) is 31.7 Å². The van der Waals surface area contributed by atoms with E-state index in [9.17, 15) is 0 Å². The topological polar surface area (TPSA) is 33.5 Å². The molecule has 1 aromatic rings. The van der Waals surface area contributed by atoms with Gasteiger partial charge in [-0.05, 0) is 57.5 Å². The van der Waals surface area contributed by atoms with Gasteiger partial charge in [-0.15, -0.1) is 0 Å². The smallest absolute Gasteiger partial charge is 0.122 e. The maximum absolute atomic E-state index is 5.93. The van der Waals surface area contributed by atoms with Crippen molar-refractivity contribution in [1.82, 2.24) is 19.4 Å². The first-order chi connectivity index (χ1) is 12.8. The first-order valence-corrected chi connectivity index (χ1v) is 10.8. The van der Waals surface area contributed by atoms with E-state index in [0.29, 0.717) is 6.10 Å². The van der Waals surface area contributed by atoms with Gasteiger partial charge in [0.25, 0.3) is 0 Å². The molecule has 1 aliphatic carbocycles. The normalized spacial score (nSPS) is 26.3. The van der Waals surface area contributed by atoms with Crippen LogP contribution in [0.3, 0.4) is 0 Å². The molecule has 1 unspecified atom stereocenters. The van der Waals surface area contributed by atoms with E-state index in [2.05, 4.69) is 32.6 Å². The van der Waals surface area contributed by atoms with Crippen molar-refractivity contribution in [2.24, 2.45) is 13.0 Å². The zero-order chi connectivity index (χ0) is 17.8. The molecule has 0 N–H and O–H groups in total. The summed E-state index contributed by atoms with van der Waals surface area (Å²) in [5.41, 5.74) is 0. The first kappa shape index (κ1) is 18.5. The van der Waals surface area contributed by atoms with Crippen LogP contribution in [0.4, 0.5) is 0 Å². The van der Waals surface area contributed by atoms with Crippen LogP contribution >= 0.6 is 0 Å². The fourth-order valence-corrected chi connectivity index (χ4v) is 5.16. The predicted molar refractivity (Wildman–Crippen MR) is 104 cm³/mol. The van der Waals surface area contributed by atoms with Gasteiger partial charge in [-0.1, -0.05) is 12.8 Å². The summed E-state index contributed by atoms with van der Waals surface area (Å²) < 4.78 is 8.09. The Bertz CT molecular complexity index is 540. The van der Waals surface area contributed by atoms with Gasteiger partial charge in [-0.3, -0.25) is 4.90 Å². The summed E-state index contributed by atoms with van der Waals surface area (Å²) in [6.45, 7) is 6.78. The van der Waals surface area contributed by atoms with Gasteiger partial charge in [0.2, 0.25) is 0 Å². The Morgan fingerprint density at radius 2 is 1.88 bits per heavy atom. The highest BCUT2D eigenvalue weighted by Gasteiger charge is 2.29. The number of hydrogen-bond acceptors (Lipinski definition) is 4. The van der Waals surface area contributed by atoms with Crippen molar-refractivity contribution in [2.75, 3.05) is 32.8 Å². The second-order valence-corrected chi connectivity index (χ2v) is 8.70. The third-order valence-corrected chi connectivity index (χ3v) is 6.78. The van der Waals surface area contributed by atoms with Crippen molar-refractivity contribution in [3.8, 4) is 0 Å². The fraction of sp³-hybridized carbons (Fsp3) is 0.857. The minimum Gasteiger partial charge on any atom is -0.377 e. The standard InChI is InChI=1S/C21H36N4O/c1-23-13-10-22-21(23)17-24(16-20-7-4-14-26-20)15-18-8-11-25(12-9-18)19-5-2-3-6-19/h10,13,18-20H,2-9,11-12,14-17H2,1H3. The molecule has 1 atom stereocenters. The van der Waals surface area contributed by atoms with Gasteiger partial charge in [-0.25, -0.2) is 4.98 Å². The van der Waals surface area contributed by atoms with Crippen molar-refractivity contribution < 1.29 is 4.74 Å². The maximum atomic E-state index is 5.93. The molecular formula is C21H36N4O. The molecule has 0 amide bonds. The van der Waals surface area contributed by atoms with Crippen LogP contribution in [0.2, 0.25) is 0 Å². The lowest BCUT2D eigenvalue weighted by molar-refractivity contribution is 0.0527. The van der Waals surface area contributed by atoms with E-state index >= 15 is 0 Å². The number of ether oxygens (including phenoxy) is 1. The molecule has 26 heavy (non-hydrogen) atoms. The number of nitrogens with zero attached hydrogens (tertiary/aromatic N) is 4. The van der Waals surface area contributed by atoms with Gasteiger partial charge in [0.1, 0.15) is 5.82 Å². The summed E-state index contributed by atoms with van der Waals surface area (Å²) in [4.78, 5) is 9.96. The van der Waals surface area contributed by atoms with Gasteiger partial charge in [0, 0.05) is 45.2 Å². The molecule has 2 saturated heterocycles. The molecule has 0 aromatic carbocycles. The molecule has 4 rings (SSSR count). The Morgan fingerprint density at radius 1 is 1.08 bits per heavy atom. The second-order valence-electron chi connectivity index (χ2n) is 8.70. The lowest BCUT2D eigenvalue weighted by Crippen LogP contribution is -2.43. The Hall–Kier alpha value is -0.910. The molecule has 146 valence electrons. The molecular weight excluding hydrogens is 324 g/mol. The average molecular weight is 361 g/mol. The van der Waals surface area contributed by atoms with E-state index in [4.69, 9.17) is 4.74 Å². The molecule has 3 fully saturated rings. The van der Waals surface area contributed by atoms with E-state index in [1.165, 1.54) is 76.8 Å². The number of aryl methyl sites for hydroxylation is 1. The van der Waals surface area contributed by atoms with Gasteiger partial charge in [0.15, 0.2) is 0 Å². The van der Waals surface area contributed by atoms with Crippen LogP contribution in [0.1, 0.15) is 57.2 Å².